The first-order chi connectivity index (χ1) is 12.2. The van der Waals surface area contributed by atoms with Crippen molar-refractivity contribution in [3.05, 3.63) is 18.1 Å². The van der Waals surface area contributed by atoms with Crippen LogP contribution in [-0.2, 0) is 4.79 Å². The van der Waals surface area contributed by atoms with Gasteiger partial charge in [0.15, 0.2) is 0 Å². The standard InChI is InChI=1S/C19H29N5O/c1-14-11-18(21-13-20-14)24(16-5-6-16)17-7-9-23(10-8-17)12-15-3-2-4-19(25)22-15/h11,13,15-17H,2-10,12H2,1H3,(H,22,25). The van der Waals surface area contributed by atoms with Gasteiger partial charge in [0.2, 0.25) is 5.91 Å². The summed E-state index contributed by atoms with van der Waals surface area (Å²) >= 11 is 0. The van der Waals surface area contributed by atoms with Gasteiger partial charge in [-0.15, -0.1) is 0 Å². The lowest BCUT2D eigenvalue weighted by Gasteiger charge is -2.40. The van der Waals surface area contributed by atoms with E-state index >= 15 is 0 Å². The largest absolute Gasteiger partial charge is 0.352 e. The molecular formula is C19H29N5O. The van der Waals surface area contributed by atoms with Crippen LogP contribution in [0.1, 0.15) is 50.6 Å². The summed E-state index contributed by atoms with van der Waals surface area (Å²) in [4.78, 5) is 25.5. The highest BCUT2D eigenvalue weighted by molar-refractivity contribution is 5.76. The number of amides is 1. The fourth-order valence-corrected chi connectivity index (χ4v) is 4.32. The minimum absolute atomic E-state index is 0.227. The molecule has 1 amide bonds. The molecule has 3 heterocycles. The average Bonchev–Trinajstić information content (AvgIpc) is 3.42. The summed E-state index contributed by atoms with van der Waals surface area (Å²) in [5.41, 5.74) is 1.04. The Morgan fingerprint density at radius 1 is 1.16 bits per heavy atom. The SMILES string of the molecule is Cc1cc(N(C2CC2)C2CCN(CC3CCCC(=O)N3)CC2)ncn1. The number of rotatable bonds is 5. The molecule has 3 aliphatic rings. The van der Waals surface area contributed by atoms with Crippen molar-refractivity contribution >= 4 is 11.7 Å². The Bertz CT molecular complexity index is 610. The second kappa shape index (κ2) is 7.28. The minimum Gasteiger partial charge on any atom is -0.352 e. The predicted octanol–water partition coefficient (Wildman–Crippen LogP) is 1.89. The molecule has 1 atom stereocenters. The van der Waals surface area contributed by atoms with Gasteiger partial charge in [0.05, 0.1) is 0 Å². The van der Waals surface area contributed by atoms with Gasteiger partial charge in [0.25, 0.3) is 0 Å². The summed E-state index contributed by atoms with van der Waals surface area (Å²) in [6.45, 7) is 5.28. The van der Waals surface area contributed by atoms with Crippen molar-refractivity contribution in [3.63, 3.8) is 0 Å². The van der Waals surface area contributed by atoms with E-state index < -0.39 is 0 Å². The van der Waals surface area contributed by atoms with Gasteiger partial charge in [-0.05, 0) is 45.4 Å². The molecule has 0 radical (unpaired) electrons. The van der Waals surface area contributed by atoms with Gasteiger partial charge in [-0.25, -0.2) is 9.97 Å². The first-order valence-corrected chi connectivity index (χ1v) is 9.78. The molecule has 0 bridgehead atoms. The average molecular weight is 343 g/mol. The van der Waals surface area contributed by atoms with Crippen molar-refractivity contribution in [1.29, 1.82) is 0 Å². The number of nitrogens with one attached hydrogen (secondary N) is 1. The summed E-state index contributed by atoms with van der Waals surface area (Å²) in [7, 11) is 0. The summed E-state index contributed by atoms with van der Waals surface area (Å²) in [6.07, 6.45) is 9.50. The molecule has 1 N–H and O–H groups in total. The zero-order valence-electron chi connectivity index (χ0n) is 15.2. The van der Waals surface area contributed by atoms with Gasteiger partial charge in [-0.3, -0.25) is 4.79 Å². The lowest BCUT2D eigenvalue weighted by Crippen LogP contribution is -2.51. The number of likely N-dealkylation sites (tertiary alicyclic amines) is 1. The van der Waals surface area contributed by atoms with Crippen LogP contribution in [0.3, 0.4) is 0 Å². The number of carbonyl (C=O) groups is 1. The summed E-state index contributed by atoms with van der Waals surface area (Å²) in [5.74, 6) is 1.33. The fourth-order valence-electron chi connectivity index (χ4n) is 4.32. The number of aromatic nitrogens is 2. The van der Waals surface area contributed by atoms with Gasteiger partial charge < -0.3 is 15.1 Å². The lowest BCUT2D eigenvalue weighted by atomic mass is 9.99. The molecule has 4 rings (SSSR count). The fraction of sp³-hybridized carbons (Fsp3) is 0.737. The molecule has 136 valence electrons. The lowest BCUT2D eigenvalue weighted by molar-refractivity contribution is -0.123. The van der Waals surface area contributed by atoms with Crippen LogP contribution in [0.4, 0.5) is 5.82 Å². The Morgan fingerprint density at radius 2 is 1.92 bits per heavy atom. The topological polar surface area (TPSA) is 61.4 Å². The number of aryl methyl sites for hydroxylation is 1. The van der Waals surface area contributed by atoms with Gasteiger partial charge in [-0.1, -0.05) is 0 Å². The Morgan fingerprint density at radius 3 is 2.60 bits per heavy atom. The van der Waals surface area contributed by atoms with Crippen LogP contribution in [0.25, 0.3) is 0 Å². The van der Waals surface area contributed by atoms with Crippen molar-refractivity contribution in [2.24, 2.45) is 0 Å². The van der Waals surface area contributed by atoms with Gasteiger partial charge >= 0.3 is 0 Å². The van der Waals surface area contributed by atoms with Crippen LogP contribution >= 0.6 is 0 Å². The molecule has 2 aliphatic heterocycles. The third-order valence-electron chi connectivity index (χ3n) is 5.74. The Balaban J connectivity index is 1.34. The Labute approximate surface area is 150 Å². The maximum atomic E-state index is 11.6. The second-order valence-electron chi connectivity index (χ2n) is 7.84. The molecule has 1 aliphatic carbocycles. The molecule has 6 nitrogen and oxygen atoms in total. The van der Waals surface area contributed by atoms with E-state index in [0.29, 0.717) is 24.5 Å². The number of nitrogens with zero attached hydrogens (tertiary/aromatic N) is 4. The highest BCUT2D eigenvalue weighted by atomic mass is 16.1. The summed E-state index contributed by atoms with van der Waals surface area (Å²) in [5, 5.41) is 3.15. The van der Waals surface area contributed by atoms with E-state index in [9.17, 15) is 4.79 Å². The quantitative estimate of drug-likeness (QED) is 0.885. The summed E-state index contributed by atoms with van der Waals surface area (Å²) in [6, 6.07) is 3.73. The predicted molar refractivity (Wildman–Crippen MR) is 97.5 cm³/mol. The zero-order chi connectivity index (χ0) is 17.2. The van der Waals surface area contributed by atoms with Crippen LogP contribution in [0.15, 0.2) is 12.4 Å². The summed E-state index contributed by atoms with van der Waals surface area (Å²) < 4.78 is 0. The third-order valence-corrected chi connectivity index (χ3v) is 5.74. The highest BCUT2D eigenvalue weighted by Gasteiger charge is 2.36. The molecule has 1 aromatic heterocycles. The van der Waals surface area contributed by atoms with Crippen LogP contribution in [0.5, 0.6) is 0 Å². The number of piperidine rings is 2. The molecular weight excluding hydrogens is 314 g/mol. The van der Waals surface area contributed by atoms with Crippen molar-refractivity contribution in [1.82, 2.24) is 20.2 Å². The molecule has 1 saturated carbocycles. The highest BCUT2D eigenvalue weighted by Crippen LogP contribution is 2.35. The number of anilines is 1. The van der Waals surface area contributed by atoms with Gasteiger partial charge in [-0.2, -0.15) is 0 Å². The normalized spacial score (nSPS) is 25.6. The van der Waals surface area contributed by atoms with Crippen molar-refractivity contribution < 1.29 is 4.79 Å². The molecule has 2 saturated heterocycles. The Kier molecular flexibility index (Phi) is 4.88. The van der Waals surface area contributed by atoms with Crippen molar-refractivity contribution in [2.45, 2.75) is 70.0 Å². The van der Waals surface area contributed by atoms with Gasteiger partial charge in [0.1, 0.15) is 12.1 Å². The molecule has 1 unspecified atom stereocenters. The van der Waals surface area contributed by atoms with Crippen molar-refractivity contribution in [2.75, 3.05) is 24.5 Å². The van der Waals surface area contributed by atoms with E-state index in [-0.39, 0.29) is 5.91 Å². The first kappa shape index (κ1) is 16.8. The molecule has 3 fully saturated rings. The first-order valence-electron chi connectivity index (χ1n) is 9.78. The third kappa shape index (κ3) is 4.11. The smallest absolute Gasteiger partial charge is 0.220 e. The maximum Gasteiger partial charge on any atom is 0.220 e. The minimum atomic E-state index is 0.227. The number of carbonyl (C=O) groups excluding carboxylic acids is 1. The van der Waals surface area contributed by atoms with Crippen LogP contribution in [0.2, 0.25) is 0 Å². The molecule has 0 spiro atoms. The van der Waals surface area contributed by atoms with E-state index in [4.69, 9.17) is 0 Å². The number of hydrogen-bond donors (Lipinski definition) is 1. The molecule has 6 heteroatoms. The molecule has 1 aromatic rings. The zero-order valence-corrected chi connectivity index (χ0v) is 15.2. The van der Waals surface area contributed by atoms with Crippen LogP contribution < -0.4 is 10.2 Å². The molecule has 25 heavy (non-hydrogen) atoms. The van der Waals surface area contributed by atoms with Crippen LogP contribution in [-0.4, -0.2) is 58.5 Å². The van der Waals surface area contributed by atoms with E-state index in [1.807, 2.05) is 6.92 Å². The van der Waals surface area contributed by atoms with E-state index in [1.54, 1.807) is 6.33 Å². The van der Waals surface area contributed by atoms with Crippen LogP contribution in [0, 0.1) is 6.92 Å². The van der Waals surface area contributed by atoms with E-state index in [0.717, 1.165) is 44.0 Å². The molecule has 0 aromatic carbocycles. The van der Waals surface area contributed by atoms with E-state index in [1.165, 1.54) is 25.7 Å². The van der Waals surface area contributed by atoms with E-state index in [2.05, 4.69) is 31.2 Å². The Hall–Kier alpha value is -1.69. The number of hydrogen-bond acceptors (Lipinski definition) is 5. The van der Waals surface area contributed by atoms with Gasteiger partial charge in [0, 0.05) is 55.9 Å². The second-order valence-corrected chi connectivity index (χ2v) is 7.84. The van der Waals surface area contributed by atoms with Crippen molar-refractivity contribution in [3.8, 4) is 0 Å². The monoisotopic (exact) mass is 343 g/mol. The maximum absolute atomic E-state index is 11.6.